The fraction of sp³-hybridized carbons (Fsp3) is 0.0656. The number of hydrogen-bond acceptors (Lipinski definition) is 11. The van der Waals surface area contributed by atoms with Gasteiger partial charge in [-0.05, 0) is 225 Å². The first-order chi connectivity index (χ1) is 65.4. The van der Waals surface area contributed by atoms with Crippen molar-refractivity contribution in [3.05, 3.63) is 481 Å². The molecule has 0 amide bonds. The molecule has 26 rings (SSSR count). The second-order valence-electron chi connectivity index (χ2n) is 35.6. The SMILES string of the molecule is CC1(C)C2=C(c3cnccc31)c1cccc(-c3cc(-c4ccccc4)cc(-c4ccccc4)c3)c1Sc1ccncc12.CC1(C)c2ccccc2-c2sc3c(-c4ccc(-c5cccc(-c6ccccn6)n5)c5ccccc45)cccc3c2-c2cnccc21.CC1(c2ccccn2)C2=C(c3cc(-c4ccc(-c5ccccc5)c5ccccc45)ncc3Oc3cnccc32)c2ccccc21. The molecule has 11 heterocycles. The van der Waals surface area contributed by atoms with Gasteiger partial charge in [-0.2, -0.15) is 0 Å². The zero-order valence-corrected chi connectivity index (χ0v) is 75.3. The van der Waals surface area contributed by atoms with Gasteiger partial charge in [0.15, 0.2) is 11.5 Å². The summed E-state index contributed by atoms with van der Waals surface area (Å²) in [5.41, 5.74) is 38.9. The Kier molecular flexibility index (Phi) is 19.6. The number of pyridine rings is 8. The number of thiophene rings is 1. The van der Waals surface area contributed by atoms with Gasteiger partial charge < -0.3 is 4.74 Å². The number of aromatic nitrogens is 8. The topological polar surface area (TPSA) is 112 Å². The largest absolute Gasteiger partial charge is 0.453 e. The van der Waals surface area contributed by atoms with Gasteiger partial charge in [-0.3, -0.25) is 34.9 Å². The lowest BCUT2D eigenvalue weighted by Gasteiger charge is -2.30. The van der Waals surface area contributed by atoms with Crippen LogP contribution in [0.5, 0.6) is 11.5 Å². The van der Waals surface area contributed by atoms with E-state index in [2.05, 4.69) is 387 Å². The van der Waals surface area contributed by atoms with Crippen LogP contribution in [-0.4, -0.2) is 39.9 Å². The fourth-order valence-electron chi connectivity index (χ4n) is 21.3. The highest BCUT2D eigenvalue weighted by atomic mass is 32.2. The van der Waals surface area contributed by atoms with Crippen molar-refractivity contribution >= 4 is 77.0 Å². The highest BCUT2D eigenvalue weighted by molar-refractivity contribution is 7.99. The molecule has 21 aromatic rings. The highest BCUT2D eigenvalue weighted by Crippen LogP contribution is 2.63. The molecule has 0 radical (unpaired) electrons. The minimum absolute atomic E-state index is 0.147. The summed E-state index contributed by atoms with van der Waals surface area (Å²) < 4.78 is 7.95. The lowest BCUT2D eigenvalue weighted by atomic mass is 9.73. The van der Waals surface area contributed by atoms with Crippen LogP contribution in [0.1, 0.15) is 95.9 Å². The first-order valence-electron chi connectivity index (χ1n) is 45.1. The van der Waals surface area contributed by atoms with E-state index in [9.17, 15) is 0 Å². The maximum absolute atomic E-state index is 6.65. The quantitative estimate of drug-likeness (QED) is 0.138. The van der Waals surface area contributed by atoms with E-state index in [1.807, 2.05) is 109 Å². The van der Waals surface area contributed by atoms with E-state index in [-0.39, 0.29) is 10.8 Å². The van der Waals surface area contributed by atoms with E-state index in [0.717, 1.165) is 61.7 Å². The molecule has 12 aromatic carbocycles. The second-order valence-corrected chi connectivity index (χ2v) is 37.7. The van der Waals surface area contributed by atoms with Crippen molar-refractivity contribution in [1.29, 1.82) is 0 Å². The summed E-state index contributed by atoms with van der Waals surface area (Å²) in [5.74, 6) is 1.43. The predicted molar refractivity (Wildman–Crippen MR) is 546 cm³/mol. The van der Waals surface area contributed by atoms with Crippen LogP contribution in [-0.2, 0) is 16.2 Å². The van der Waals surface area contributed by atoms with Crippen LogP contribution >= 0.6 is 23.1 Å². The molecule has 0 fully saturated rings. The third-order valence-corrected chi connectivity index (χ3v) is 30.0. The van der Waals surface area contributed by atoms with Gasteiger partial charge in [-0.15, -0.1) is 11.3 Å². The first kappa shape index (κ1) is 80.3. The van der Waals surface area contributed by atoms with Crippen molar-refractivity contribution in [2.75, 3.05) is 0 Å². The van der Waals surface area contributed by atoms with E-state index in [0.29, 0.717) is 11.5 Å². The average molecular weight is 1740 g/mol. The van der Waals surface area contributed by atoms with Crippen LogP contribution in [0.25, 0.3) is 165 Å². The van der Waals surface area contributed by atoms with E-state index in [1.165, 1.54) is 174 Å². The Labute approximate surface area is 780 Å². The predicted octanol–water partition coefficient (Wildman–Crippen LogP) is 31.1. The normalized spacial score (nSPS) is 14.6. The lowest BCUT2D eigenvalue weighted by Crippen LogP contribution is -2.24. The molecule has 0 spiro atoms. The van der Waals surface area contributed by atoms with Crippen LogP contribution in [0.15, 0.2) is 430 Å². The van der Waals surface area contributed by atoms with Crippen molar-refractivity contribution < 1.29 is 4.74 Å². The van der Waals surface area contributed by atoms with Gasteiger partial charge >= 0.3 is 0 Å². The van der Waals surface area contributed by atoms with Crippen LogP contribution in [0, 0.1) is 0 Å². The molecule has 0 saturated carbocycles. The van der Waals surface area contributed by atoms with Gasteiger partial charge in [0.05, 0.1) is 46.3 Å². The number of nitrogens with zero attached hydrogens (tertiary/aromatic N) is 8. The number of fused-ring (bicyclic) bond motifs is 21. The Balaban J connectivity index is 0.000000110. The Morgan fingerprint density at radius 2 is 0.767 bits per heavy atom. The molecule has 0 N–H and O–H groups in total. The summed E-state index contributed by atoms with van der Waals surface area (Å²) in [6, 6.07) is 125. The molecule has 5 aliphatic rings. The van der Waals surface area contributed by atoms with Crippen LogP contribution in [0.3, 0.4) is 0 Å². The Bertz CT molecular complexity index is 8280. The molecule has 2 aliphatic heterocycles. The van der Waals surface area contributed by atoms with Crippen molar-refractivity contribution in [2.45, 2.75) is 60.7 Å². The standard InChI is InChI=1S/C42H29N3S.C41H27N3O.C39H28N2S/c1-42(2)34-16-6-5-13-31(34)41-39(33-25-43-24-22-35(33)42)32-15-9-14-30(40(32)46-41)28-20-21-29(27-12-4-3-11-26(27)28)36-18-10-19-38(45-36)37-17-7-8-23-44-37;1-41(38-17-9-10-21-43-38)34-16-8-7-15-31(34)39-33-23-35(44-25-37(33)45-36-24-42-22-20-32(36)40(39)41)30-19-18-27(26-11-3-2-4-12-26)28-13-5-6-14-29(28)30;1-39(2)34-16-18-40-23-32(34)36-31-15-9-14-30(38(31)42-35-17-19-41-24-33(35)37(36)39)29-21-27(25-10-5-3-6-11-25)20-28(22-29)26-12-7-4-8-13-26/h3-25H,1-2H3;2-25H,1H3;3-24H,1-2H3. The minimum Gasteiger partial charge on any atom is -0.453 e. The maximum Gasteiger partial charge on any atom is 0.153 e. The molecule has 3 aliphatic carbocycles. The zero-order chi connectivity index (χ0) is 89.0. The van der Waals surface area contributed by atoms with E-state index in [1.54, 1.807) is 6.20 Å². The molecule has 0 bridgehead atoms. The number of allylic oxidation sites excluding steroid dienone is 2. The van der Waals surface area contributed by atoms with Crippen molar-refractivity contribution in [3.8, 4) is 123 Å². The Hall–Kier alpha value is -16.1. The van der Waals surface area contributed by atoms with Gasteiger partial charge in [-0.1, -0.05) is 306 Å². The molecule has 133 heavy (non-hydrogen) atoms. The average Bonchev–Trinajstić information content (AvgIpc) is 1.55. The van der Waals surface area contributed by atoms with E-state index in [4.69, 9.17) is 19.7 Å². The summed E-state index contributed by atoms with van der Waals surface area (Å²) >= 11 is 3.76. The van der Waals surface area contributed by atoms with Crippen molar-refractivity contribution in [1.82, 2.24) is 39.9 Å². The molecule has 11 heteroatoms. The molecular weight excluding hydrogens is 1660 g/mol. The van der Waals surface area contributed by atoms with Gasteiger partial charge in [0.25, 0.3) is 0 Å². The number of hydrogen-bond donors (Lipinski definition) is 0. The highest BCUT2D eigenvalue weighted by Gasteiger charge is 2.48. The van der Waals surface area contributed by atoms with Crippen molar-refractivity contribution in [2.24, 2.45) is 0 Å². The van der Waals surface area contributed by atoms with Gasteiger partial charge in [0, 0.05) is 141 Å². The number of rotatable bonds is 9. The molecule has 9 aromatic heterocycles. The third kappa shape index (κ3) is 13.4. The van der Waals surface area contributed by atoms with E-state index < -0.39 is 5.41 Å². The Morgan fingerprint density at radius 3 is 1.48 bits per heavy atom. The van der Waals surface area contributed by atoms with Gasteiger partial charge in [0.1, 0.15) is 0 Å². The monoisotopic (exact) mass is 1740 g/mol. The summed E-state index contributed by atoms with van der Waals surface area (Å²) in [6.45, 7) is 11.6. The Morgan fingerprint density at radius 1 is 0.263 bits per heavy atom. The lowest BCUT2D eigenvalue weighted by molar-refractivity contribution is 0.475. The summed E-state index contributed by atoms with van der Waals surface area (Å²) in [6.07, 6.45) is 21.1. The first-order valence-corrected chi connectivity index (χ1v) is 46.7. The smallest absolute Gasteiger partial charge is 0.153 e. The molecule has 1 atom stereocenters. The summed E-state index contributed by atoms with van der Waals surface area (Å²) in [4.78, 5) is 41.6. The summed E-state index contributed by atoms with van der Waals surface area (Å²) in [5, 5.41) is 6.03. The van der Waals surface area contributed by atoms with E-state index >= 15 is 0 Å². The van der Waals surface area contributed by atoms with Crippen molar-refractivity contribution in [3.63, 3.8) is 0 Å². The van der Waals surface area contributed by atoms with Gasteiger partial charge in [-0.25, -0.2) is 4.98 Å². The number of benzene rings is 12. The molecule has 630 valence electrons. The van der Waals surface area contributed by atoms with Crippen LogP contribution in [0.2, 0.25) is 0 Å². The fourth-order valence-corrected chi connectivity index (χ4v) is 23.9. The third-order valence-electron chi connectivity index (χ3n) is 27.5. The van der Waals surface area contributed by atoms with Crippen LogP contribution < -0.4 is 4.74 Å². The minimum atomic E-state index is -0.512. The molecular formula is C122H84N8OS2. The second kappa shape index (κ2) is 32.6. The molecule has 9 nitrogen and oxygen atoms in total. The molecule has 1 unspecified atom stereocenters. The zero-order valence-electron chi connectivity index (χ0n) is 73.6. The molecule has 0 saturated heterocycles. The maximum atomic E-state index is 6.65. The summed E-state index contributed by atoms with van der Waals surface area (Å²) in [7, 11) is 0. The van der Waals surface area contributed by atoms with Gasteiger partial charge in [0.2, 0.25) is 0 Å². The van der Waals surface area contributed by atoms with Crippen LogP contribution in [0.4, 0.5) is 0 Å². The number of ether oxygens (including phenoxy) is 1.